The number of fused-ring (bicyclic) bond motifs is 1. The molecule has 0 unspecified atom stereocenters. The fraction of sp³-hybridized carbons (Fsp3) is 0.348. The molecular weight excluding hydrogens is 383 g/mol. The second-order valence-corrected chi connectivity index (χ2v) is 7.87. The first-order valence-electron chi connectivity index (χ1n) is 10.2. The topological polar surface area (TPSA) is 87.1 Å². The van der Waals surface area contributed by atoms with Gasteiger partial charge in [-0.1, -0.05) is 12.1 Å². The number of benzene rings is 2. The molecule has 156 valence electrons. The molecule has 4 rings (SSSR count). The van der Waals surface area contributed by atoms with Gasteiger partial charge in [0.1, 0.15) is 5.82 Å². The molecule has 30 heavy (non-hydrogen) atoms. The number of hydrogen-bond donors (Lipinski definition) is 3. The minimum absolute atomic E-state index is 0.208. The van der Waals surface area contributed by atoms with Crippen LogP contribution in [-0.2, 0) is 6.54 Å². The van der Waals surface area contributed by atoms with E-state index in [0.717, 1.165) is 42.2 Å². The minimum Gasteiger partial charge on any atom is -0.393 e. The predicted octanol–water partition coefficient (Wildman–Crippen LogP) is 3.72. The van der Waals surface area contributed by atoms with Crippen LogP contribution in [0.3, 0.4) is 0 Å². The Hall–Kier alpha value is -3.06. The molecule has 1 aliphatic carbocycles. The van der Waals surface area contributed by atoms with Crippen molar-refractivity contribution in [3.05, 3.63) is 65.1 Å². The van der Waals surface area contributed by atoms with Crippen molar-refractivity contribution in [2.24, 2.45) is 0 Å². The zero-order valence-electron chi connectivity index (χ0n) is 16.9. The number of carbonyl (C=O) groups is 1. The Morgan fingerprint density at radius 2 is 1.97 bits per heavy atom. The van der Waals surface area contributed by atoms with Gasteiger partial charge in [0.25, 0.3) is 5.91 Å². The first-order chi connectivity index (χ1) is 14.5. The number of anilines is 1. The summed E-state index contributed by atoms with van der Waals surface area (Å²) in [4.78, 5) is 21.5. The van der Waals surface area contributed by atoms with Gasteiger partial charge in [0.2, 0.25) is 5.95 Å². The van der Waals surface area contributed by atoms with Crippen LogP contribution < -0.4 is 10.6 Å². The van der Waals surface area contributed by atoms with Crippen molar-refractivity contribution < 1.29 is 14.3 Å². The summed E-state index contributed by atoms with van der Waals surface area (Å²) in [5.74, 6) is 0.0315. The van der Waals surface area contributed by atoms with Crippen molar-refractivity contribution in [1.82, 2.24) is 15.3 Å². The second-order valence-electron chi connectivity index (χ2n) is 7.87. The van der Waals surface area contributed by atoms with Crippen LogP contribution in [0.25, 0.3) is 10.9 Å². The van der Waals surface area contributed by atoms with E-state index in [-0.39, 0.29) is 23.9 Å². The number of aliphatic hydroxyl groups is 1. The SMILES string of the molecule is Cc1cc(F)ccc1CNC(=O)c1ccc2cnc(NC3CCC(O)CC3)nc2c1. The summed E-state index contributed by atoms with van der Waals surface area (Å²) >= 11 is 0. The van der Waals surface area contributed by atoms with Crippen molar-refractivity contribution in [1.29, 1.82) is 0 Å². The molecule has 0 atom stereocenters. The average molecular weight is 408 g/mol. The zero-order valence-corrected chi connectivity index (χ0v) is 16.9. The van der Waals surface area contributed by atoms with Crippen molar-refractivity contribution in [3.63, 3.8) is 0 Å². The van der Waals surface area contributed by atoms with Crippen molar-refractivity contribution in [2.75, 3.05) is 5.32 Å². The monoisotopic (exact) mass is 408 g/mol. The molecule has 1 heterocycles. The third-order valence-corrected chi connectivity index (χ3v) is 5.62. The standard InChI is InChI=1S/C23H25FN4O2/c1-14-10-18(24)5-4-16(14)12-25-22(30)15-2-3-17-13-26-23(28-21(17)11-15)27-19-6-8-20(29)9-7-19/h2-5,10-11,13,19-20,29H,6-9,12H2,1H3,(H,25,30)(H,26,27,28). The number of aryl methyl sites for hydroxylation is 1. The number of carbonyl (C=O) groups excluding carboxylic acids is 1. The number of nitrogens with one attached hydrogen (secondary N) is 2. The molecule has 7 heteroatoms. The van der Waals surface area contributed by atoms with Gasteiger partial charge in [-0.05, 0) is 68.0 Å². The first-order valence-corrected chi connectivity index (χ1v) is 10.2. The van der Waals surface area contributed by atoms with Crippen LogP contribution in [0, 0.1) is 12.7 Å². The molecule has 6 nitrogen and oxygen atoms in total. The molecule has 3 aromatic rings. The normalized spacial score (nSPS) is 18.9. The van der Waals surface area contributed by atoms with Crippen LogP contribution in [0.5, 0.6) is 0 Å². The second kappa shape index (κ2) is 8.75. The maximum Gasteiger partial charge on any atom is 0.251 e. The van der Waals surface area contributed by atoms with Gasteiger partial charge < -0.3 is 15.7 Å². The molecule has 1 aromatic heterocycles. The third kappa shape index (κ3) is 4.74. The Balaban J connectivity index is 1.45. The Morgan fingerprint density at radius 3 is 2.73 bits per heavy atom. The van der Waals surface area contributed by atoms with E-state index >= 15 is 0 Å². The summed E-state index contributed by atoms with van der Waals surface area (Å²) in [5.41, 5.74) is 2.87. The van der Waals surface area contributed by atoms with E-state index in [4.69, 9.17) is 0 Å². The molecule has 1 aliphatic rings. The molecule has 0 bridgehead atoms. The number of aliphatic hydroxyl groups excluding tert-OH is 1. The van der Waals surface area contributed by atoms with Crippen LogP contribution in [0.1, 0.15) is 47.2 Å². The van der Waals surface area contributed by atoms with E-state index in [9.17, 15) is 14.3 Å². The molecule has 1 saturated carbocycles. The summed E-state index contributed by atoms with van der Waals surface area (Å²) in [6, 6.07) is 10.1. The van der Waals surface area contributed by atoms with Crippen molar-refractivity contribution >= 4 is 22.8 Å². The molecule has 1 amide bonds. The van der Waals surface area contributed by atoms with Crippen LogP contribution in [0.2, 0.25) is 0 Å². The summed E-state index contributed by atoms with van der Waals surface area (Å²) < 4.78 is 13.2. The molecule has 0 saturated heterocycles. The molecule has 2 aromatic carbocycles. The van der Waals surface area contributed by atoms with E-state index in [1.165, 1.54) is 12.1 Å². The quantitative estimate of drug-likeness (QED) is 0.599. The van der Waals surface area contributed by atoms with Crippen LogP contribution in [0.4, 0.5) is 10.3 Å². The van der Waals surface area contributed by atoms with Gasteiger partial charge in [-0.25, -0.2) is 14.4 Å². The van der Waals surface area contributed by atoms with Gasteiger partial charge in [0, 0.05) is 29.7 Å². The number of hydrogen-bond acceptors (Lipinski definition) is 5. The molecule has 1 fully saturated rings. The largest absolute Gasteiger partial charge is 0.393 e. The maximum absolute atomic E-state index is 13.2. The highest BCUT2D eigenvalue weighted by Gasteiger charge is 2.20. The van der Waals surface area contributed by atoms with Gasteiger partial charge in [0.05, 0.1) is 11.6 Å². The maximum atomic E-state index is 13.2. The summed E-state index contributed by atoms with van der Waals surface area (Å²) in [6.45, 7) is 2.14. The highest BCUT2D eigenvalue weighted by molar-refractivity contribution is 5.97. The Labute approximate surface area is 174 Å². The fourth-order valence-electron chi connectivity index (χ4n) is 3.77. The number of nitrogens with zero attached hydrogens (tertiary/aromatic N) is 2. The molecule has 3 N–H and O–H groups in total. The first kappa shape index (κ1) is 20.2. The Bertz CT molecular complexity index is 1060. The van der Waals surface area contributed by atoms with Gasteiger partial charge in [-0.3, -0.25) is 4.79 Å². The van der Waals surface area contributed by atoms with Gasteiger partial charge >= 0.3 is 0 Å². The third-order valence-electron chi connectivity index (χ3n) is 5.62. The van der Waals surface area contributed by atoms with Crippen molar-refractivity contribution in [2.45, 2.75) is 51.3 Å². The molecule has 0 aliphatic heterocycles. The summed E-state index contributed by atoms with van der Waals surface area (Å²) in [6.07, 6.45) is 4.86. The number of aromatic nitrogens is 2. The smallest absolute Gasteiger partial charge is 0.251 e. The molecule has 0 spiro atoms. The molecule has 0 radical (unpaired) electrons. The highest BCUT2D eigenvalue weighted by atomic mass is 19.1. The van der Waals surface area contributed by atoms with Crippen LogP contribution in [0.15, 0.2) is 42.6 Å². The van der Waals surface area contributed by atoms with E-state index in [1.807, 2.05) is 13.0 Å². The highest BCUT2D eigenvalue weighted by Crippen LogP contribution is 2.22. The Morgan fingerprint density at radius 1 is 1.17 bits per heavy atom. The lowest BCUT2D eigenvalue weighted by molar-refractivity contribution is 0.0951. The van der Waals surface area contributed by atoms with E-state index in [1.54, 1.807) is 24.4 Å². The van der Waals surface area contributed by atoms with E-state index in [0.29, 0.717) is 23.6 Å². The average Bonchev–Trinajstić information content (AvgIpc) is 2.74. The van der Waals surface area contributed by atoms with Gasteiger partial charge in [0.15, 0.2) is 0 Å². The van der Waals surface area contributed by atoms with Crippen LogP contribution >= 0.6 is 0 Å². The summed E-state index contributed by atoms with van der Waals surface area (Å²) in [5, 5.41) is 16.7. The lowest BCUT2D eigenvalue weighted by Crippen LogP contribution is -2.28. The van der Waals surface area contributed by atoms with Crippen molar-refractivity contribution in [3.8, 4) is 0 Å². The minimum atomic E-state index is -0.286. The van der Waals surface area contributed by atoms with Gasteiger partial charge in [-0.2, -0.15) is 0 Å². The van der Waals surface area contributed by atoms with Gasteiger partial charge in [-0.15, -0.1) is 0 Å². The number of amides is 1. The van der Waals surface area contributed by atoms with E-state index < -0.39 is 0 Å². The molecular formula is C23H25FN4O2. The lowest BCUT2D eigenvalue weighted by atomic mass is 9.93. The summed E-state index contributed by atoms with van der Waals surface area (Å²) in [7, 11) is 0. The zero-order chi connectivity index (χ0) is 21.1. The fourth-order valence-corrected chi connectivity index (χ4v) is 3.77. The number of halogens is 1. The number of rotatable bonds is 5. The predicted molar refractivity (Wildman–Crippen MR) is 114 cm³/mol. The lowest BCUT2D eigenvalue weighted by Gasteiger charge is -2.26. The van der Waals surface area contributed by atoms with E-state index in [2.05, 4.69) is 20.6 Å². The Kier molecular flexibility index (Phi) is 5.90. The van der Waals surface area contributed by atoms with Crippen LogP contribution in [-0.4, -0.2) is 33.1 Å².